The highest BCUT2D eigenvalue weighted by molar-refractivity contribution is 5.31. The summed E-state index contributed by atoms with van der Waals surface area (Å²) < 4.78 is 5.81. The van der Waals surface area contributed by atoms with Crippen LogP contribution in [0.5, 0.6) is 5.88 Å². The topological polar surface area (TPSA) is 45.9 Å². The van der Waals surface area contributed by atoms with Crippen LogP contribution in [0.15, 0.2) is 18.3 Å². The first-order valence-corrected chi connectivity index (χ1v) is 5.80. The predicted octanol–water partition coefficient (Wildman–Crippen LogP) is 2.91. The highest BCUT2D eigenvalue weighted by Gasteiger charge is 2.20. The summed E-state index contributed by atoms with van der Waals surface area (Å²) in [4.78, 5) is 4.13. The zero-order chi connectivity index (χ0) is 11.4. The van der Waals surface area contributed by atoms with Gasteiger partial charge in [0.2, 0.25) is 5.88 Å². The third-order valence-electron chi connectivity index (χ3n) is 3.04. The molecule has 0 saturated heterocycles. The van der Waals surface area contributed by atoms with Crippen LogP contribution in [0.1, 0.15) is 38.2 Å². The van der Waals surface area contributed by atoms with E-state index in [1.807, 2.05) is 0 Å². The molecule has 0 spiro atoms. The maximum Gasteiger partial charge on any atom is 0.214 e. The Bertz CT molecular complexity index is 397. The Morgan fingerprint density at radius 2 is 2.38 bits per heavy atom. The molecule has 0 N–H and O–H groups in total. The summed E-state index contributed by atoms with van der Waals surface area (Å²) in [5.41, 5.74) is 0.605. The lowest BCUT2D eigenvalue weighted by molar-refractivity contribution is 0.124. The van der Waals surface area contributed by atoms with Gasteiger partial charge in [0.15, 0.2) is 0 Å². The van der Waals surface area contributed by atoms with E-state index in [0.717, 1.165) is 18.8 Å². The monoisotopic (exact) mass is 216 g/mol. The van der Waals surface area contributed by atoms with Crippen LogP contribution in [0, 0.1) is 17.2 Å². The van der Waals surface area contributed by atoms with Gasteiger partial charge >= 0.3 is 0 Å². The van der Waals surface area contributed by atoms with Crippen molar-refractivity contribution < 1.29 is 4.74 Å². The van der Waals surface area contributed by atoms with E-state index in [1.54, 1.807) is 18.3 Å². The summed E-state index contributed by atoms with van der Waals surface area (Å²) in [5.74, 6) is 1.32. The summed E-state index contributed by atoms with van der Waals surface area (Å²) in [6.45, 7) is 2.26. The van der Waals surface area contributed by atoms with Crippen molar-refractivity contribution >= 4 is 0 Å². The Kier molecular flexibility index (Phi) is 3.40. The maximum atomic E-state index is 8.78. The molecule has 0 aromatic carbocycles. The number of nitrogens with zero attached hydrogens (tertiary/aromatic N) is 2. The molecule has 3 heteroatoms. The standard InChI is InChI=1S/C13H16N2O/c1-10-3-2-4-12(7-10)16-13-8-11(9-14)5-6-15-13/h5-6,8,10,12H,2-4,7H2,1H3. The molecule has 1 fully saturated rings. The van der Waals surface area contributed by atoms with Crippen molar-refractivity contribution in [2.75, 3.05) is 0 Å². The number of rotatable bonds is 2. The largest absolute Gasteiger partial charge is 0.474 e. The summed E-state index contributed by atoms with van der Waals surface area (Å²) in [6, 6.07) is 5.49. The Labute approximate surface area is 96.1 Å². The SMILES string of the molecule is CC1CCCC(Oc2cc(C#N)ccn2)C1. The minimum Gasteiger partial charge on any atom is -0.474 e. The molecule has 1 saturated carbocycles. The number of hydrogen-bond donors (Lipinski definition) is 0. The fourth-order valence-corrected chi connectivity index (χ4v) is 2.20. The first-order chi connectivity index (χ1) is 7.78. The van der Waals surface area contributed by atoms with Crippen LogP contribution < -0.4 is 4.74 Å². The molecule has 1 aromatic rings. The number of ether oxygens (including phenoxy) is 1. The fourth-order valence-electron chi connectivity index (χ4n) is 2.20. The van der Waals surface area contributed by atoms with E-state index in [2.05, 4.69) is 18.0 Å². The van der Waals surface area contributed by atoms with Crippen molar-refractivity contribution in [3.8, 4) is 11.9 Å². The van der Waals surface area contributed by atoms with E-state index < -0.39 is 0 Å². The molecule has 2 atom stereocenters. The number of hydrogen-bond acceptors (Lipinski definition) is 3. The van der Waals surface area contributed by atoms with Crippen LogP contribution in [0.4, 0.5) is 0 Å². The molecule has 1 aliphatic carbocycles. The molecule has 1 heterocycles. The molecule has 0 radical (unpaired) electrons. The number of aromatic nitrogens is 1. The maximum absolute atomic E-state index is 8.78. The van der Waals surface area contributed by atoms with Gasteiger partial charge in [-0.1, -0.05) is 13.3 Å². The second-order valence-corrected chi connectivity index (χ2v) is 4.51. The first-order valence-electron chi connectivity index (χ1n) is 5.80. The van der Waals surface area contributed by atoms with E-state index in [-0.39, 0.29) is 6.10 Å². The van der Waals surface area contributed by atoms with Gasteiger partial charge in [0.25, 0.3) is 0 Å². The zero-order valence-electron chi connectivity index (χ0n) is 9.52. The zero-order valence-corrected chi connectivity index (χ0v) is 9.52. The predicted molar refractivity (Wildman–Crippen MR) is 61.0 cm³/mol. The van der Waals surface area contributed by atoms with Crippen LogP contribution in [0.25, 0.3) is 0 Å². The van der Waals surface area contributed by atoms with E-state index in [4.69, 9.17) is 10.00 Å². The van der Waals surface area contributed by atoms with Crippen LogP contribution in [-0.4, -0.2) is 11.1 Å². The second-order valence-electron chi connectivity index (χ2n) is 4.51. The van der Waals surface area contributed by atoms with Gasteiger partial charge in [-0.05, 0) is 31.2 Å². The van der Waals surface area contributed by atoms with E-state index in [1.165, 1.54) is 12.8 Å². The summed E-state index contributed by atoms with van der Waals surface area (Å²) >= 11 is 0. The van der Waals surface area contributed by atoms with Crippen molar-refractivity contribution in [1.29, 1.82) is 5.26 Å². The van der Waals surface area contributed by atoms with Crippen molar-refractivity contribution in [3.63, 3.8) is 0 Å². The molecular formula is C13H16N2O. The van der Waals surface area contributed by atoms with Gasteiger partial charge in [-0.3, -0.25) is 0 Å². The van der Waals surface area contributed by atoms with Crippen molar-refractivity contribution in [2.24, 2.45) is 5.92 Å². The van der Waals surface area contributed by atoms with Gasteiger partial charge in [-0.15, -0.1) is 0 Å². The number of nitriles is 1. The van der Waals surface area contributed by atoms with Crippen LogP contribution in [0.3, 0.4) is 0 Å². The van der Waals surface area contributed by atoms with E-state index in [0.29, 0.717) is 11.4 Å². The minimum atomic E-state index is 0.269. The lowest BCUT2D eigenvalue weighted by Crippen LogP contribution is -2.24. The Balaban J connectivity index is 2.00. The first kappa shape index (κ1) is 10.9. The third kappa shape index (κ3) is 2.73. The molecule has 3 nitrogen and oxygen atoms in total. The molecule has 1 aliphatic rings. The lowest BCUT2D eigenvalue weighted by Gasteiger charge is -2.26. The molecule has 0 aliphatic heterocycles. The van der Waals surface area contributed by atoms with Gasteiger partial charge in [-0.2, -0.15) is 5.26 Å². The molecule has 2 unspecified atom stereocenters. The van der Waals surface area contributed by atoms with Crippen molar-refractivity contribution in [1.82, 2.24) is 4.98 Å². The number of pyridine rings is 1. The van der Waals surface area contributed by atoms with Crippen LogP contribution in [0.2, 0.25) is 0 Å². The average molecular weight is 216 g/mol. The molecule has 16 heavy (non-hydrogen) atoms. The van der Waals surface area contributed by atoms with Gasteiger partial charge in [0.1, 0.15) is 6.10 Å². The van der Waals surface area contributed by atoms with E-state index in [9.17, 15) is 0 Å². The summed E-state index contributed by atoms with van der Waals surface area (Å²) in [5, 5.41) is 8.78. The van der Waals surface area contributed by atoms with Crippen molar-refractivity contribution in [2.45, 2.75) is 38.7 Å². The summed E-state index contributed by atoms with van der Waals surface area (Å²) in [6.07, 6.45) is 6.61. The molecule has 1 aromatic heterocycles. The van der Waals surface area contributed by atoms with Crippen LogP contribution >= 0.6 is 0 Å². The Morgan fingerprint density at radius 3 is 3.12 bits per heavy atom. The van der Waals surface area contributed by atoms with Gasteiger partial charge in [-0.25, -0.2) is 4.98 Å². The molecular weight excluding hydrogens is 200 g/mol. The summed E-state index contributed by atoms with van der Waals surface area (Å²) in [7, 11) is 0. The molecule has 0 amide bonds. The minimum absolute atomic E-state index is 0.269. The van der Waals surface area contributed by atoms with Gasteiger partial charge in [0, 0.05) is 12.3 Å². The highest BCUT2D eigenvalue weighted by atomic mass is 16.5. The lowest BCUT2D eigenvalue weighted by atomic mass is 9.89. The Morgan fingerprint density at radius 1 is 1.50 bits per heavy atom. The second kappa shape index (κ2) is 4.98. The third-order valence-corrected chi connectivity index (χ3v) is 3.04. The molecule has 0 bridgehead atoms. The fraction of sp³-hybridized carbons (Fsp3) is 0.538. The van der Waals surface area contributed by atoms with Gasteiger partial charge in [0.05, 0.1) is 11.6 Å². The van der Waals surface area contributed by atoms with Crippen LogP contribution in [-0.2, 0) is 0 Å². The van der Waals surface area contributed by atoms with E-state index >= 15 is 0 Å². The van der Waals surface area contributed by atoms with Gasteiger partial charge < -0.3 is 4.74 Å². The average Bonchev–Trinajstić information content (AvgIpc) is 2.29. The molecule has 84 valence electrons. The van der Waals surface area contributed by atoms with Crippen molar-refractivity contribution in [3.05, 3.63) is 23.9 Å². The smallest absolute Gasteiger partial charge is 0.214 e. The highest BCUT2D eigenvalue weighted by Crippen LogP contribution is 2.26. The molecule has 2 rings (SSSR count). The Hall–Kier alpha value is -1.56. The quantitative estimate of drug-likeness (QED) is 0.763. The normalized spacial score (nSPS) is 24.8.